The Morgan fingerprint density at radius 3 is 2.53 bits per heavy atom. The highest BCUT2D eigenvalue weighted by Gasteiger charge is 2.12. The van der Waals surface area contributed by atoms with Gasteiger partial charge in [0.25, 0.3) is 0 Å². The molecule has 0 atom stereocenters. The molecule has 6 heteroatoms. The van der Waals surface area contributed by atoms with Crippen LogP contribution in [0.5, 0.6) is 0 Å². The van der Waals surface area contributed by atoms with Gasteiger partial charge in [-0.3, -0.25) is 0 Å². The largest absolute Gasteiger partial charge is 0.478 e. The van der Waals surface area contributed by atoms with E-state index >= 15 is 0 Å². The van der Waals surface area contributed by atoms with Crippen molar-refractivity contribution in [1.82, 2.24) is 4.98 Å². The normalized spacial score (nSPS) is 10.2. The molecule has 0 aliphatic carbocycles. The Hall–Kier alpha value is -2.50. The SMILES string of the molecule is O=C(O)c1cc(F)cnc1NCc1ccc(F)cc1. The van der Waals surface area contributed by atoms with Gasteiger partial charge in [0.1, 0.15) is 23.0 Å². The Labute approximate surface area is 107 Å². The number of halogens is 2. The molecule has 1 heterocycles. The van der Waals surface area contributed by atoms with Crippen LogP contribution >= 0.6 is 0 Å². The minimum atomic E-state index is -1.27. The van der Waals surface area contributed by atoms with Crippen molar-refractivity contribution in [2.75, 3.05) is 5.32 Å². The quantitative estimate of drug-likeness (QED) is 0.891. The summed E-state index contributed by atoms with van der Waals surface area (Å²) in [7, 11) is 0. The van der Waals surface area contributed by atoms with E-state index in [0.29, 0.717) is 0 Å². The number of rotatable bonds is 4. The lowest BCUT2D eigenvalue weighted by atomic mass is 10.2. The Morgan fingerprint density at radius 2 is 1.89 bits per heavy atom. The summed E-state index contributed by atoms with van der Waals surface area (Å²) in [5.74, 6) is -2.27. The number of nitrogens with one attached hydrogen (secondary N) is 1. The summed E-state index contributed by atoms with van der Waals surface area (Å²) in [5, 5.41) is 11.7. The maximum absolute atomic E-state index is 12.9. The van der Waals surface area contributed by atoms with E-state index in [9.17, 15) is 13.6 Å². The van der Waals surface area contributed by atoms with Crippen LogP contribution in [0.25, 0.3) is 0 Å². The molecule has 0 amide bonds. The van der Waals surface area contributed by atoms with Gasteiger partial charge in [-0.2, -0.15) is 0 Å². The first-order valence-electron chi connectivity index (χ1n) is 5.43. The average Bonchev–Trinajstić information content (AvgIpc) is 2.39. The number of nitrogens with zero attached hydrogens (tertiary/aromatic N) is 1. The number of hydrogen-bond donors (Lipinski definition) is 2. The van der Waals surface area contributed by atoms with Gasteiger partial charge in [-0.1, -0.05) is 12.1 Å². The van der Waals surface area contributed by atoms with Gasteiger partial charge in [0.15, 0.2) is 0 Å². The van der Waals surface area contributed by atoms with E-state index in [-0.39, 0.29) is 23.7 Å². The third-order valence-electron chi connectivity index (χ3n) is 2.46. The van der Waals surface area contributed by atoms with Crippen LogP contribution in [0.2, 0.25) is 0 Å². The fourth-order valence-electron chi connectivity index (χ4n) is 1.53. The van der Waals surface area contributed by atoms with Gasteiger partial charge in [-0.05, 0) is 23.8 Å². The number of hydrogen-bond acceptors (Lipinski definition) is 3. The lowest BCUT2D eigenvalue weighted by Crippen LogP contribution is -2.09. The van der Waals surface area contributed by atoms with Gasteiger partial charge >= 0.3 is 5.97 Å². The lowest BCUT2D eigenvalue weighted by molar-refractivity contribution is 0.0697. The van der Waals surface area contributed by atoms with E-state index in [0.717, 1.165) is 17.8 Å². The van der Waals surface area contributed by atoms with Crippen molar-refractivity contribution in [2.24, 2.45) is 0 Å². The molecule has 0 aliphatic heterocycles. The number of aromatic carboxylic acids is 1. The molecule has 19 heavy (non-hydrogen) atoms. The molecule has 2 aromatic rings. The first-order chi connectivity index (χ1) is 9.06. The van der Waals surface area contributed by atoms with Crippen molar-refractivity contribution in [3.05, 3.63) is 59.3 Å². The number of carbonyl (C=O) groups is 1. The van der Waals surface area contributed by atoms with Gasteiger partial charge in [0.2, 0.25) is 0 Å². The van der Waals surface area contributed by atoms with Gasteiger partial charge in [-0.15, -0.1) is 0 Å². The molecular weight excluding hydrogens is 254 g/mol. The molecule has 0 unspecified atom stereocenters. The summed E-state index contributed by atoms with van der Waals surface area (Å²) < 4.78 is 25.6. The predicted molar refractivity (Wildman–Crippen MR) is 64.9 cm³/mol. The maximum atomic E-state index is 12.9. The second-order valence-electron chi connectivity index (χ2n) is 3.83. The average molecular weight is 264 g/mol. The second-order valence-corrected chi connectivity index (χ2v) is 3.83. The van der Waals surface area contributed by atoms with Gasteiger partial charge in [0.05, 0.1) is 6.20 Å². The van der Waals surface area contributed by atoms with E-state index in [1.54, 1.807) is 12.1 Å². The highest BCUT2D eigenvalue weighted by atomic mass is 19.1. The van der Waals surface area contributed by atoms with E-state index in [4.69, 9.17) is 5.11 Å². The van der Waals surface area contributed by atoms with Gasteiger partial charge in [-0.25, -0.2) is 18.6 Å². The fraction of sp³-hybridized carbons (Fsp3) is 0.0769. The van der Waals surface area contributed by atoms with E-state index < -0.39 is 11.8 Å². The van der Waals surface area contributed by atoms with Crippen LogP contribution in [-0.4, -0.2) is 16.1 Å². The molecular formula is C13H10F2N2O2. The van der Waals surface area contributed by atoms with E-state index in [1.807, 2.05) is 0 Å². The summed E-state index contributed by atoms with van der Waals surface area (Å²) in [5.41, 5.74) is 0.506. The Morgan fingerprint density at radius 1 is 1.21 bits per heavy atom. The smallest absolute Gasteiger partial charge is 0.339 e. The minimum Gasteiger partial charge on any atom is -0.478 e. The van der Waals surface area contributed by atoms with Crippen LogP contribution < -0.4 is 5.32 Å². The van der Waals surface area contributed by atoms with Crippen LogP contribution in [0.15, 0.2) is 36.5 Å². The number of anilines is 1. The molecule has 0 radical (unpaired) electrons. The molecule has 98 valence electrons. The lowest BCUT2D eigenvalue weighted by Gasteiger charge is -2.08. The molecule has 1 aromatic heterocycles. The minimum absolute atomic E-state index is 0.0678. The number of carboxylic acid groups (broad SMARTS) is 1. The molecule has 2 N–H and O–H groups in total. The third-order valence-corrected chi connectivity index (χ3v) is 2.46. The second kappa shape index (κ2) is 5.43. The summed E-state index contributed by atoms with van der Waals surface area (Å²) in [6.07, 6.45) is 0.930. The van der Waals surface area contributed by atoms with Crippen molar-refractivity contribution in [2.45, 2.75) is 6.54 Å². The molecule has 0 spiro atoms. The number of benzene rings is 1. The van der Waals surface area contributed by atoms with Crippen LogP contribution in [0, 0.1) is 11.6 Å². The topological polar surface area (TPSA) is 62.2 Å². The zero-order chi connectivity index (χ0) is 13.8. The standard InChI is InChI=1S/C13H10F2N2O2/c14-9-3-1-8(2-4-9)6-16-12-11(13(18)19)5-10(15)7-17-12/h1-5,7H,6H2,(H,16,17)(H,18,19). The first kappa shape index (κ1) is 12.9. The van der Waals surface area contributed by atoms with Gasteiger partial charge < -0.3 is 10.4 Å². The highest BCUT2D eigenvalue weighted by molar-refractivity contribution is 5.93. The van der Waals surface area contributed by atoms with Crippen molar-refractivity contribution < 1.29 is 18.7 Å². The first-order valence-corrected chi connectivity index (χ1v) is 5.43. The molecule has 0 saturated heterocycles. The van der Waals surface area contributed by atoms with Crippen molar-refractivity contribution >= 4 is 11.8 Å². The Kier molecular flexibility index (Phi) is 3.70. The fourth-order valence-corrected chi connectivity index (χ4v) is 1.53. The summed E-state index contributed by atoms with van der Waals surface area (Å²) >= 11 is 0. The van der Waals surface area contributed by atoms with E-state index in [2.05, 4.69) is 10.3 Å². The van der Waals surface area contributed by atoms with Crippen LogP contribution in [0.4, 0.5) is 14.6 Å². The number of carboxylic acids is 1. The Bertz CT molecular complexity index is 600. The van der Waals surface area contributed by atoms with Crippen molar-refractivity contribution in [3.63, 3.8) is 0 Å². The predicted octanol–water partition coefficient (Wildman–Crippen LogP) is 2.67. The third kappa shape index (κ3) is 3.25. The summed E-state index contributed by atoms with van der Waals surface area (Å²) in [4.78, 5) is 14.6. The molecule has 0 saturated carbocycles. The number of pyridine rings is 1. The van der Waals surface area contributed by atoms with Crippen LogP contribution in [0.1, 0.15) is 15.9 Å². The molecule has 0 bridgehead atoms. The summed E-state index contributed by atoms with van der Waals surface area (Å²) in [6.45, 7) is 0.263. The maximum Gasteiger partial charge on any atom is 0.339 e. The van der Waals surface area contributed by atoms with Crippen molar-refractivity contribution in [1.29, 1.82) is 0 Å². The zero-order valence-electron chi connectivity index (χ0n) is 9.73. The van der Waals surface area contributed by atoms with E-state index in [1.165, 1.54) is 12.1 Å². The van der Waals surface area contributed by atoms with Crippen molar-refractivity contribution in [3.8, 4) is 0 Å². The molecule has 4 nitrogen and oxygen atoms in total. The Balaban J connectivity index is 2.15. The highest BCUT2D eigenvalue weighted by Crippen LogP contribution is 2.15. The monoisotopic (exact) mass is 264 g/mol. The summed E-state index contributed by atoms with van der Waals surface area (Å²) in [6, 6.07) is 6.61. The zero-order valence-corrected chi connectivity index (χ0v) is 9.73. The molecule has 0 fully saturated rings. The molecule has 0 aliphatic rings. The molecule has 2 rings (SSSR count). The van der Waals surface area contributed by atoms with Crippen LogP contribution in [0.3, 0.4) is 0 Å². The van der Waals surface area contributed by atoms with Gasteiger partial charge in [0, 0.05) is 6.54 Å². The number of aromatic nitrogens is 1. The molecule has 1 aromatic carbocycles. The van der Waals surface area contributed by atoms with Crippen LogP contribution in [-0.2, 0) is 6.54 Å².